The molecule has 0 radical (unpaired) electrons. The zero-order valence-corrected chi connectivity index (χ0v) is 19.9. The van der Waals surface area contributed by atoms with E-state index in [1.807, 2.05) is 49.4 Å². The Balaban J connectivity index is 1.61. The Morgan fingerprint density at radius 1 is 1.00 bits per heavy atom. The summed E-state index contributed by atoms with van der Waals surface area (Å²) in [4.78, 5) is 39.8. The third kappa shape index (κ3) is 7.67. The molecule has 0 bridgehead atoms. The summed E-state index contributed by atoms with van der Waals surface area (Å²) < 4.78 is 0. The third-order valence-corrected chi connectivity index (χ3v) is 6.58. The molecule has 1 saturated heterocycles. The van der Waals surface area contributed by atoms with Gasteiger partial charge in [-0.3, -0.25) is 14.4 Å². The number of benzene rings is 2. The highest BCUT2D eigenvalue weighted by Crippen LogP contribution is 2.20. The van der Waals surface area contributed by atoms with Gasteiger partial charge in [-0.15, -0.1) is 0 Å². The molecule has 1 aliphatic heterocycles. The van der Waals surface area contributed by atoms with Gasteiger partial charge in [0.1, 0.15) is 11.8 Å². The first-order valence-corrected chi connectivity index (χ1v) is 12.3. The number of rotatable bonds is 11. The van der Waals surface area contributed by atoms with Crippen LogP contribution >= 0.6 is 0 Å². The standard InChI is InChI=1S/C27H37N3O3/c1-3-24(31)11-5-4-6-12-25(29-26(32)21-15-17-30(2)18-16-21)27(33)28-23-14-13-20-9-7-8-10-22(20)19-23/h7-10,13-14,19,21,25H,3-6,11-12,15-18H2,1-2H3,(H,28,33)(H,29,32)/t25-/m0/s1. The maximum atomic E-state index is 13.1. The molecule has 1 fully saturated rings. The number of nitrogens with zero attached hydrogens (tertiary/aromatic N) is 1. The molecular formula is C27H37N3O3. The molecule has 0 aromatic heterocycles. The van der Waals surface area contributed by atoms with E-state index in [1.54, 1.807) is 0 Å². The van der Waals surface area contributed by atoms with Crippen molar-refractivity contribution in [3.05, 3.63) is 42.5 Å². The zero-order chi connectivity index (χ0) is 23.6. The minimum absolute atomic E-state index is 0.0251. The summed E-state index contributed by atoms with van der Waals surface area (Å²) in [6, 6.07) is 13.3. The Hall–Kier alpha value is -2.73. The minimum atomic E-state index is -0.578. The lowest BCUT2D eigenvalue weighted by atomic mass is 9.95. The second kappa shape index (κ2) is 12.5. The normalized spacial score (nSPS) is 15.8. The lowest BCUT2D eigenvalue weighted by Gasteiger charge is -2.29. The first-order chi connectivity index (χ1) is 16.0. The van der Waals surface area contributed by atoms with Crippen molar-refractivity contribution in [3.63, 3.8) is 0 Å². The quantitative estimate of drug-likeness (QED) is 0.492. The first kappa shape index (κ1) is 24.9. The molecule has 33 heavy (non-hydrogen) atoms. The van der Waals surface area contributed by atoms with Crippen LogP contribution in [0.5, 0.6) is 0 Å². The van der Waals surface area contributed by atoms with Crippen molar-refractivity contribution in [2.45, 2.75) is 64.3 Å². The molecule has 2 aromatic rings. The van der Waals surface area contributed by atoms with E-state index in [1.165, 1.54) is 0 Å². The van der Waals surface area contributed by atoms with Crippen molar-refractivity contribution in [2.24, 2.45) is 5.92 Å². The number of hydrogen-bond donors (Lipinski definition) is 2. The van der Waals surface area contributed by atoms with Crippen molar-refractivity contribution >= 4 is 34.1 Å². The van der Waals surface area contributed by atoms with Crippen LogP contribution in [0.3, 0.4) is 0 Å². The molecule has 0 aliphatic carbocycles. The number of Topliss-reactive ketones (excluding diaryl/α,β-unsaturated/α-hetero) is 1. The van der Waals surface area contributed by atoms with Crippen LogP contribution in [0.15, 0.2) is 42.5 Å². The largest absolute Gasteiger partial charge is 0.344 e. The molecule has 0 spiro atoms. The monoisotopic (exact) mass is 451 g/mol. The molecule has 1 heterocycles. The number of ketones is 1. The number of amides is 2. The summed E-state index contributed by atoms with van der Waals surface area (Å²) in [5, 5.41) is 8.21. The SMILES string of the molecule is CCC(=O)CCCCC[C@H](NC(=O)C1CCN(C)CC1)C(=O)Nc1ccc2ccccc2c1. The fourth-order valence-electron chi connectivity index (χ4n) is 4.35. The van der Waals surface area contributed by atoms with E-state index in [0.29, 0.717) is 19.3 Å². The van der Waals surface area contributed by atoms with Gasteiger partial charge in [-0.2, -0.15) is 0 Å². The summed E-state index contributed by atoms with van der Waals surface area (Å²) in [5.41, 5.74) is 0.728. The van der Waals surface area contributed by atoms with Crippen molar-refractivity contribution < 1.29 is 14.4 Å². The van der Waals surface area contributed by atoms with E-state index in [9.17, 15) is 14.4 Å². The first-order valence-electron chi connectivity index (χ1n) is 12.3. The molecule has 1 atom stereocenters. The zero-order valence-electron chi connectivity index (χ0n) is 19.9. The molecule has 2 amide bonds. The number of carbonyl (C=O) groups is 3. The highest BCUT2D eigenvalue weighted by Gasteiger charge is 2.27. The van der Waals surface area contributed by atoms with Gasteiger partial charge in [-0.25, -0.2) is 0 Å². The van der Waals surface area contributed by atoms with Gasteiger partial charge in [0.05, 0.1) is 0 Å². The van der Waals surface area contributed by atoms with Gasteiger partial charge in [0.25, 0.3) is 0 Å². The van der Waals surface area contributed by atoms with Gasteiger partial charge < -0.3 is 15.5 Å². The predicted octanol–water partition coefficient (Wildman–Crippen LogP) is 4.53. The average molecular weight is 452 g/mol. The summed E-state index contributed by atoms with van der Waals surface area (Å²) in [6.45, 7) is 3.68. The Labute approximate surface area is 197 Å². The Morgan fingerprint density at radius 2 is 1.73 bits per heavy atom. The number of carbonyl (C=O) groups excluding carboxylic acids is 3. The maximum Gasteiger partial charge on any atom is 0.246 e. The third-order valence-electron chi connectivity index (χ3n) is 6.58. The number of unbranched alkanes of at least 4 members (excludes halogenated alkanes) is 2. The summed E-state index contributed by atoms with van der Waals surface area (Å²) in [5.74, 6) is 0.0228. The maximum absolute atomic E-state index is 13.1. The number of piperidine rings is 1. The Bertz CT molecular complexity index is 951. The van der Waals surface area contributed by atoms with E-state index in [0.717, 1.165) is 61.7 Å². The number of likely N-dealkylation sites (tertiary alicyclic amines) is 1. The van der Waals surface area contributed by atoms with E-state index in [4.69, 9.17) is 0 Å². The van der Waals surface area contributed by atoms with E-state index in [2.05, 4.69) is 22.6 Å². The second-order valence-corrected chi connectivity index (χ2v) is 9.18. The molecule has 0 unspecified atom stereocenters. The van der Waals surface area contributed by atoms with Crippen LogP contribution in [0.4, 0.5) is 5.69 Å². The van der Waals surface area contributed by atoms with Gasteiger partial charge in [0.15, 0.2) is 0 Å². The summed E-state index contributed by atoms with van der Waals surface area (Å²) in [6.07, 6.45) is 5.86. The molecule has 1 aliphatic rings. The van der Waals surface area contributed by atoms with Crippen LogP contribution in [-0.2, 0) is 14.4 Å². The van der Waals surface area contributed by atoms with Gasteiger partial charge in [0, 0.05) is 24.4 Å². The fourth-order valence-corrected chi connectivity index (χ4v) is 4.35. The van der Waals surface area contributed by atoms with Gasteiger partial charge in [0.2, 0.25) is 11.8 Å². The van der Waals surface area contributed by atoms with Crippen LogP contribution in [0.1, 0.15) is 58.3 Å². The van der Waals surface area contributed by atoms with E-state index in [-0.39, 0.29) is 23.5 Å². The molecular weight excluding hydrogens is 414 g/mol. The fraction of sp³-hybridized carbons (Fsp3) is 0.519. The van der Waals surface area contributed by atoms with Crippen molar-refractivity contribution in [1.29, 1.82) is 0 Å². The van der Waals surface area contributed by atoms with Gasteiger partial charge in [-0.1, -0.05) is 50.1 Å². The number of nitrogens with one attached hydrogen (secondary N) is 2. The Morgan fingerprint density at radius 3 is 2.45 bits per heavy atom. The van der Waals surface area contributed by atoms with Gasteiger partial charge in [-0.05, 0) is 68.7 Å². The van der Waals surface area contributed by atoms with Crippen LogP contribution in [-0.4, -0.2) is 48.7 Å². The van der Waals surface area contributed by atoms with Crippen molar-refractivity contribution in [3.8, 4) is 0 Å². The van der Waals surface area contributed by atoms with Crippen molar-refractivity contribution in [1.82, 2.24) is 10.2 Å². The van der Waals surface area contributed by atoms with Crippen LogP contribution in [0.25, 0.3) is 10.8 Å². The molecule has 6 nitrogen and oxygen atoms in total. The molecule has 0 saturated carbocycles. The van der Waals surface area contributed by atoms with Gasteiger partial charge >= 0.3 is 0 Å². The van der Waals surface area contributed by atoms with Crippen LogP contribution < -0.4 is 10.6 Å². The lowest BCUT2D eigenvalue weighted by Crippen LogP contribution is -2.47. The van der Waals surface area contributed by atoms with Crippen molar-refractivity contribution in [2.75, 3.05) is 25.5 Å². The minimum Gasteiger partial charge on any atom is -0.344 e. The average Bonchev–Trinajstić information content (AvgIpc) is 2.83. The van der Waals surface area contributed by atoms with E-state index >= 15 is 0 Å². The highest BCUT2D eigenvalue weighted by atomic mass is 16.2. The lowest BCUT2D eigenvalue weighted by molar-refractivity contribution is -0.130. The van der Waals surface area contributed by atoms with Crippen LogP contribution in [0, 0.1) is 5.92 Å². The molecule has 6 heteroatoms. The van der Waals surface area contributed by atoms with E-state index < -0.39 is 6.04 Å². The molecule has 2 aromatic carbocycles. The molecule has 178 valence electrons. The molecule has 3 rings (SSSR count). The summed E-state index contributed by atoms with van der Waals surface area (Å²) in [7, 11) is 2.07. The Kier molecular flexibility index (Phi) is 9.43. The topological polar surface area (TPSA) is 78.5 Å². The smallest absolute Gasteiger partial charge is 0.246 e. The highest BCUT2D eigenvalue weighted by molar-refractivity contribution is 5.99. The molecule has 2 N–H and O–H groups in total. The van der Waals surface area contributed by atoms with Crippen LogP contribution in [0.2, 0.25) is 0 Å². The number of fused-ring (bicyclic) bond motifs is 1. The second-order valence-electron chi connectivity index (χ2n) is 9.18. The summed E-state index contributed by atoms with van der Waals surface area (Å²) >= 11 is 0. The number of hydrogen-bond acceptors (Lipinski definition) is 4. The predicted molar refractivity (Wildman–Crippen MR) is 133 cm³/mol. The number of anilines is 1.